The van der Waals surface area contributed by atoms with Crippen molar-refractivity contribution in [3.63, 3.8) is 0 Å². The molecule has 0 unspecified atom stereocenters. The maximum atomic E-state index is 14.1. The lowest BCUT2D eigenvalue weighted by atomic mass is 10.2. The lowest BCUT2D eigenvalue weighted by molar-refractivity contribution is 0.0997. The topological polar surface area (TPSA) is 103 Å². The Labute approximate surface area is 155 Å². The van der Waals surface area contributed by atoms with Crippen molar-refractivity contribution in [2.45, 2.75) is 19.8 Å². The Bertz CT molecular complexity index is 982. The van der Waals surface area contributed by atoms with Crippen molar-refractivity contribution in [2.75, 3.05) is 5.32 Å². The van der Waals surface area contributed by atoms with Crippen molar-refractivity contribution in [3.8, 4) is 5.69 Å². The molecule has 2 amide bonds. The Morgan fingerprint density at radius 2 is 1.85 bits per heavy atom. The van der Waals surface area contributed by atoms with Crippen LogP contribution >= 0.6 is 0 Å². The molecule has 0 bridgehead atoms. The van der Waals surface area contributed by atoms with E-state index in [1.54, 1.807) is 30.3 Å². The average Bonchev–Trinajstić information content (AvgIpc) is 3.07. The van der Waals surface area contributed by atoms with Crippen molar-refractivity contribution in [3.05, 3.63) is 71.6 Å². The van der Waals surface area contributed by atoms with Gasteiger partial charge >= 0.3 is 0 Å². The summed E-state index contributed by atoms with van der Waals surface area (Å²) < 4.78 is 15.5. The van der Waals surface area contributed by atoms with Gasteiger partial charge in [-0.1, -0.05) is 19.1 Å². The number of primary amides is 1. The van der Waals surface area contributed by atoms with E-state index in [0.717, 1.165) is 6.42 Å². The van der Waals surface area contributed by atoms with Crippen LogP contribution in [-0.4, -0.2) is 26.6 Å². The SMILES string of the molecule is CCCc1nc(C(=O)Nc2ccc(C(N)=O)cc2)nn1-c1ccccc1F. The Hall–Kier alpha value is -3.55. The van der Waals surface area contributed by atoms with E-state index in [-0.39, 0.29) is 11.5 Å². The third-order valence-corrected chi connectivity index (χ3v) is 3.86. The molecule has 3 aromatic rings. The first-order valence-corrected chi connectivity index (χ1v) is 8.41. The molecule has 0 spiro atoms. The predicted octanol–water partition coefficient (Wildman–Crippen LogP) is 2.71. The monoisotopic (exact) mass is 367 g/mol. The summed E-state index contributed by atoms with van der Waals surface area (Å²) in [6, 6.07) is 12.3. The molecule has 0 atom stereocenters. The van der Waals surface area contributed by atoms with Gasteiger partial charge in [-0.05, 0) is 42.8 Å². The molecule has 138 valence electrons. The fourth-order valence-electron chi connectivity index (χ4n) is 2.55. The van der Waals surface area contributed by atoms with E-state index >= 15 is 0 Å². The summed E-state index contributed by atoms with van der Waals surface area (Å²) in [6.45, 7) is 1.96. The number of hydrogen-bond acceptors (Lipinski definition) is 4. The van der Waals surface area contributed by atoms with E-state index in [4.69, 9.17) is 5.73 Å². The number of rotatable bonds is 6. The minimum atomic E-state index is -0.553. The minimum absolute atomic E-state index is 0.0688. The van der Waals surface area contributed by atoms with Gasteiger partial charge in [-0.25, -0.2) is 14.1 Å². The largest absolute Gasteiger partial charge is 0.366 e. The van der Waals surface area contributed by atoms with Gasteiger partial charge in [-0.15, -0.1) is 5.10 Å². The van der Waals surface area contributed by atoms with E-state index in [2.05, 4.69) is 15.4 Å². The molecule has 0 radical (unpaired) electrons. The zero-order chi connectivity index (χ0) is 19.4. The molecule has 0 aliphatic carbocycles. The lowest BCUT2D eigenvalue weighted by Crippen LogP contribution is -2.15. The summed E-state index contributed by atoms with van der Waals surface area (Å²) in [6.07, 6.45) is 1.31. The van der Waals surface area contributed by atoms with Gasteiger partial charge in [0, 0.05) is 17.7 Å². The molecule has 2 aromatic carbocycles. The Morgan fingerprint density at radius 3 is 2.48 bits per heavy atom. The number of aryl methyl sites for hydroxylation is 1. The molecular formula is C19H18FN5O2. The second-order valence-electron chi connectivity index (χ2n) is 5.86. The zero-order valence-electron chi connectivity index (χ0n) is 14.6. The molecule has 0 aliphatic rings. The van der Waals surface area contributed by atoms with Crippen molar-refractivity contribution < 1.29 is 14.0 Å². The molecule has 0 fully saturated rings. The van der Waals surface area contributed by atoms with Crippen LogP contribution in [0, 0.1) is 5.82 Å². The molecule has 7 nitrogen and oxygen atoms in total. The molecule has 8 heteroatoms. The first-order chi connectivity index (χ1) is 13.0. The Morgan fingerprint density at radius 1 is 1.15 bits per heavy atom. The van der Waals surface area contributed by atoms with Gasteiger partial charge in [-0.3, -0.25) is 9.59 Å². The van der Waals surface area contributed by atoms with Crippen LogP contribution in [0.1, 0.15) is 40.1 Å². The van der Waals surface area contributed by atoms with Crippen LogP contribution in [0.4, 0.5) is 10.1 Å². The van der Waals surface area contributed by atoms with Gasteiger partial charge in [0.15, 0.2) is 0 Å². The Balaban J connectivity index is 1.88. The van der Waals surface area contributed by atoms with E-state index < -0.39 is 17.6 Å². The normalized spacial score (nSPS) is 10.6. The van der Waals surface area contributed by atoms with Crippen LogP contribution < -0.4 is 11.1 Å². The molecule has 1 aromatic heterocycles. The van der Waals surface area contributed by atoms with Gasteiger partial charge in [0.05, 0.1) is 0 Å². The van der Waals surface area contributed by atoms with Gasteiger partial charge in [0.1, 0.15) is 17.3 Å². The molecule has 3 N–H and O–H groups in total. The number of halogens is 1. The summed E-state index contributed by atoms with van der Waals surface area (Å²) in [7, 11) is 0. The average molecular weight is 367 g/mol. The minimum Gasteiger partial charge on any atom is -0.366 e. The summed E-state index contributed by atoms with van der Waals surface area (Å²) in [5.41, 5.74) is 6.22. The summed E-state index contributed by atoms with van der Waals surface area (Å²) in [5, 5.41) is 6.83. The van der Waals surface area contributed by atoms with E-state index in [9.17, 15) is 14.0 Å². The summed E-state index contributed by atoms with van der Waals surface area (Å²) in [4.78, 5) is 27.8. The number of nitrogens with two attached hydrogens (primary N) is 1. The van der Waals surface area contributed by atoms with Crippen LogP contribution in [0.3, 0.4) is 0 Å². The standard InChI is InChI=1S/C19H18FN5O2/c1-2-5-16-23-18(24-25(16)15-7-4-3-6-14(15)20)19(27)22-13-10-8-12(9-11-13)17(21)26/h3-4,6-11H,2,5H2,1H3,(H2,21,26)(H,22,27). The third-order valence-electron chi connectivity index (χ3n) is 3.86. The van der Waals surface area contributed by atoms with Gasteiger partial charge in [0.25, 0.3) is 5.91 Å². The predicted molar refractivity (Wildman–Crippen MR) is 98.2 cm³/mol. The first kappa shape index (κ1) is 18.2. The summed E-state index contributed by atoms with van der Waals surface area (Å²) in [5.74, 6) is -1.11. The maximum absolute atomic E-state index is 14.1. The third kappa shape index (κ3) is 4.00. The fourth-order valence-corrected chi connectivity index (χ4v) is 2.55. The maximum Gasteiger partial charge on any atom is 0.295 e. The number of nitrogens with one attached hydrogen (secondary N) is 1. The van der Waals surface area contributed by atoms with E-state index in [0.29, 0.717) is 23.5 Å². The highest BCUT2D eigenvalue weighted by Gasteiger charge is 2.19. The van der Waals surface area contributed by atoms with Gasteiger partial charge < -0.3 is 11.1 Å². The molecule has 0 saturated heterocycles. The van der Waals surface area contributed by atoms with Crippen LogP contribution in [0.5, 0.6) is 0 Å². The molecule has 3 rings (SSSR count). The zero-order valence-corrected chi connectivity index (χ0v) is 14.6. The number of carbonyl (C=O) groups excluding carboxylic acids is 2. The number of hydrogen-bond donors (Lipinski definition) is 2. The highest BCUT2D eigenvalue weighted by atomic mass is 19.1. The Kier molecular flexibility index (Phi) is 5.25. The van der Waals surface area contributed by atoms with Crippen LogP contribution in [0.25, 0.3) is 5.69 Å². The number of amides is 2. The lowest BCUT2D eigenvalue weighted by Gasteiger charge is -2.05. The van der Waals surface area contributed by atoms with Crippen LogP contribution in [0.2, 0.25) is 0 Å². The van der Waals surface area contributed by atoms with Crippen molar-refractivity contribution in [2.24, 2.45) is 5.73 Å². The smallest absolute Gasteiger partial charge is 0.295 e. The van der Waals surface area contributed by atoms with Crippen molar-refractivity contribution >= 4 is 17.5 Å². The van der Waals surface area contributed by atoms with Crippen molar-refractivity contribution in [1.29, 1.82) is 0 Å². The highest BCUT2D eigenvalue weighted by Crippen LogP contribution is 2.16. The van der Waals surface area contributed by atoms with Gasteiger partial charge in [-0.2, -0.15) is 0 Å². The number of benzene rings is 2. The second kappa shape index (κ2) is 7.77. The number of anilines is 1. The summed E-state index contributed by atoms with van der Waals surface area (Å²) >= 11 is 0. The molecule has 1 heterocycles. The van der Waals surface area contributed by atoms with E-state index in [1.807, 2.05) is 6.92 Å². The first-order valence-electron chi connectivity index (χ1n) is 8.41. The quantitative estimate of drug-likeness (QED) is 0.699. The number of nitrogens with zero attached hydrogens (tertiary/aromatic N) is 3. The van der Waals surface area contributed by atoms with Gasteiger partial charge in [0.2, 0.25) is 11.7 Å². The second-order valence-corrected chi connectivity index (χ2v) is 5.86. The van der Waals surface area contributed by atoms with E-state index in [1.165, 1.54) is 22.9 Å². The van der Waals surface area contributed by atoms with Crippen LogP contribution in [-0.2, 0) is 6.42 Å². The fraction of sp³-hybridized carbons (Fsp3) is 0.158. The molecular weight excluding hydrogens is 349 g/mol. The number of carbonyl (C=O) groups is 2. The molecule has 27 heavy (non-hydrogen) atoms. The molecule has 0 aliphatic heterocycles. The number of aromatic nitrogens is 3. The highest BCUT2D eigenvalue weighted by molar-refractivity contribution is 6.02. The van der Waals surface area contributed by atoms with Crippen LogP contribution in [0.15, 0.2) is 48.5 Å². The number of para-hydroxylation sites is 1. The molecule has 0 saturated carbocycles. The van der Waals surface area contributed by atoms with Crippen molar-refractivity contribution in [1.82, 2.24) is 14.8 Å².